The van der Waals surface area contributed by atoms with Gasteiger partial charge in [0.25, 0.3) is 0 Å². The second-order valence-electron chi connectivity index (χ2n) is 2.35. The van der Waals surface area contributed by atoms with Gasteiger partial charge in [-0.25, -0.2) is 4.79 Å². The molecule has 0 spiro atoms. The highest BCUT2D eigenvalue weighted by Gasteiger charge is 2.36. The molecule has 0 saturated carbocycles. The average Bonchev–Trinajstić information content (AvgIpc) is 1.99. The zero-order valence-electron chi connectivity index (χ0n) is 6.66. The van der Waals surface area contributed by atoms with Crippen LogP contribution in [-0.2, 0) is 14.3 Å². The number of terminal acetylenes is 1. The maximum absolute atomic E-state index is 10.9. The highest BCUT2D eigenvalue weighted by molar-refractivity contribution is 6.05. The molecule has 0 bridgehead atoms. The molecular formula is C7H10N2O3. The molecule has 12 heavy (non-hydrogen) atoms. The fraction of sp³-hybridized carbons (Fsp3) is 0.429. The first-order chi connectivity index (χ1) is 5.42. The molecule has 1 atom stereocenters. The standard InChI is InChI=1S/C7H10N2O3/c1-3-4-12-6(11)7(2,9)5(8)10/h1H,4,9H2,2H3,(H2,8,10)/t7-/m1/s1. The Hall–Kier alpha value is -1.54. The third kappa shape index (κ3) is 2.25. The van der Waals surface area contributed by atoms with Gasteiger partial charge in [0.05, 0.1) is 0 Å². The number of amides is 1. The van der Waals surface area contributed by atoms with Crippen molar-refractivity contribution in [2.75, 3.05) is 6.61 Å². The van der Waals surface area contributed by atoms with Crippen molar-refractivity contribution in [3.05, 3.63) is 0 Å². The molecule has 0 heterocycles. The van der Waals surface area contributed by atoms with Crippen LogP contribution in [0.15, 0.2) is 0 Å². The molecule has 4 N–H and O–H groups in total. The molecule has 0 aromatic heterocycles. The van der Waals surface area contributed by atoms with Gasteiger partial charge in [-0.1, -0.05) is 5.92 Å². The predicted octanol–water partition coefficient (Wildman–Crippen LogP) is -1.63. The SMILES string of the molecule is C#CCOC(=O)[C@](C)(N)C(N)=O. The summed E-state index contributed by atoms with van der Waals surface area (Å²) in [6, 6.07) is 0. The van der Waals surface area contributed by atoms with Crippen molar-refractivity contribution >= 4 is 11.9 Å². The topological polar surface area (TPSA) is 95.4 Å². The third-order valence-electron chi connectivity index (χ3n) is 1.22. The molecule has 0 aliphatic rings. The highest BCUT2D eigenvalue weighted by atomic mass is 16.5. The van der Waals surface area contributed by atoms with E-state index in [1.165, 1.54) is 0 Å². The Morgan fingerprint density at radius 1 is 1.67 bits per heavy atom. The monoisotopic (exact) mass is 170 g/mol. The Morgan fingerprint density at radius 2 is 2.17 bits per heavy atom. The molecule has 0 aromatic rings. The van der Waals surface area contributed by atoms with Gasteiger partial charge in [-0.15, -0.1) is 6.42 Å². The van der Waals surface area contributed by atoms with Gasteiger partial charge in [-0.05, 0) is 6.92 Å². The van der Waals surface area contributed by atoms with Gasteiger partial charge < -0.3 is 16.2 Å². The van der Waals surface area contributed by atoms with Crippen molar-refractivity contribution in [2.45, 2.75) is 12.5 Å². The van der Waals surface area contributed by atoms with Crippen LogP contribution in [0, 0.1) is 12.3 Å². The summed E-state index contributed by atoms with van der Waals surface area (Å²) in [5.41, 5.74) is 8.24. The van der Waals surface area contributed by atoms with Gasteiger partial charge in [0.1, 0.15) is 0 Å². The summed E-state index contributed by atoms with van der Waals surface area (Å²) in [5.74, 6) is 0.182. The first-order valence-electron chi connectivity index (χ1n) is 3.12. The first-order valence-corrected chi connectivity index (χ1v) is 3.12. The first kappa shape index (κ1) is 10.5. The Balaban J connectivity index is 4.28. The van der Waals surface area contributed by atoms with Crippen LogP contribution in [0.2, 0.25) is 0 Å². The maximum atomic E-state index is 10.9. The molecule has 66 valence electrons. The van der Waals surface area contributed by atoms with E-state index in [0.29, 0.717) is 0 Å². The van der Waals surface area contributed by atoms with E-state index in [9.17, 15) is 9.59 Å². The Bertz CT molecular complexity index is 240. The minimum Gasteiger partial charge on any atom is -0.451 e. The maximum Gasteiger partial charge on any atom is 0.336 e. The molecular weight excluding hydrogens is 160 g/mol. The summed E-state index contributed by atoms with van der Waals surface area (Å²) < 4.78 is 4.42. The van der Waals surface area contributed by atoms with Crippen LogP contribution in [-0.4, -0.2) is 24.0 Å². The van der Waals surface area contributed by atoms with Gasteiger partial charge in [0.15, 0.2) is 12.1 Å². The summed E-state index contributed by atoms with van der Waals surface area (Å²) in [6.45, 7) is 0.938. The van der Waals surface area contributed by atoms with Crippen molar-refractivity contribution in [3.8, 4) is 12.3 Å². The summed E-state index contributed by atoms with van der Waals surface area (Å²) in [7, 11) is 0. The quantitative estimate of drug-likeness (QED) is 0.302. The molecule has 0 unspecified atom stereocenters. The van der Waals surface area contributed by atoms with Crippen LogP contribution < -0.4 is 11.5 Å². The van der Waals surface area contributed by atoms with E-state index >= 15 is 0 Å². The molecule has 0 saturated heterocycles. The van der Waals surface area contributed by atoms with Gasteiger partial charge >= 0.3 is 5.97 Å². The summed E-state index contributed by atoms with van der Waals surface area (Å²) >= 11 is 0. The smallest absolute Gasteiger partial charge is 0.336 e. The largest absolute Gasteiger partial charge is 0.451 e. The van der Waals surface area contributed by atoms with Crippen molar-refractivity contribution in [1.82, 2.24) is 0 Å². The van der Waals surface area contributed by atoms with Crippen molar-refractivity contribution in [3.63, 3.8) is 0 Å². The molecule has 0 aliphatic heterocycles. The lowest BCUT2D eigenvalue weighted by Gasteiger charge is -2.17. The predicted molar refractivity (Wildman–Crippen MR) is 41.6 cm³/mol. The lowest BCUT2D eigenvalue weighted by Crippen LogP contribution is -2.56. The summed E-state index contributed by atoms with van der Waals surface area (Å²) in [6.07, 6.45) is 4.81. The van der Waals surface area contributed by atoms with Crippen LogP contribution >= 0.6 is 0 Å². The number of hydrogen-bond acceptors (Lipinski definition) is 4. The average molecular weight is 170 g/mol. The molecule has 5 heteroatoms. The number of hydrogen-bond donors (Lipinski definition) is 2. The molecule has 0 aromatic carbocycles. The molecule has 5 nitrogen and oxygen atoms in total. The van der Waals surface area contributed by atoms with E-state index in [1.807, 2.05) is 0 Å². The van der Waals surface area contributed by atoms with Gasteiger partial charge in [0, 0.05) is 0 Å². The van der Waals surface area contributed by atoms with Crippen molar-refractivity contribution < 1.29 is 14.3 Å². The molecule has 0 aliphatic carbocycles. The lowest BCUT2D eigenvalue weighted by molar-refractivity contribution is -0.151. The fourth-order valence-corrected chi connectivity index (χ4v) is 0.358. The minimum absolute atomic E-state index is 0.223. The Labute approximate surface area is 70.0 Å². The summed E-state index contributed by atoms with van der Waals surface area (Å²) in [5, 5.41) is 0. The Morgan fingerprint density at radius 3 is 2.50 bits per heavy atom. The van der Waals surface area contributed by atoms with Crippen molar-refractivity contribution in [1.29, 1.82) is 0 Å². The van der Waals surface area contributed by atoms with Gasteiger partial charge in [0.2, 0.25) is 5.91 Å². The number of nitrogens with two attached hydrogens (primary N) is 2. The van der Waals surface area contributed by atoms with E-state index in [0.717, 1.165) is 6.92 Å². The second-order valence-corrected chi connectivity index (χ2v) is 2.35. The second kappa shape index (κ2) is 3.74. The number of ether oxygens (including phenoxy) is 1. The van der Waals surface area contributed by atoms with Crippen LogP contribution in [0.25, 0.3) is 0 Å². The van der Waals surface area contributed by atoms with E-state index in [4.69, 9.17) is 17.9 Å². The van der Waals surface area contributed by atoms with Crippen LogP contribution in [0.1, 0.15) is 6.92 Å². The molecule has 0 radical (unpaired) electrons. The highest BCUT2D eigenvalue weighted by Crippen LogP contribution is 2.00. The van der Waals surface area contributed by atoms with Gasteiger partial charge in [-0.3, -0.25) is 4.79 Å². The van der Waals surface area contributed by atoms with E-state index in [-0.39, 0.29) is 6.61 Å². The van der Waals surface area contributed by atoms with E-state index in [2.05, 4.69) is 10.7 Å². The number of esters is 1. The number of carbonyl (C=O) groups is 2. The molecule has 0 rings (SSSR count). The zero-order valence-corrected chi connectivity index (χ0v) is 6.66. The van der Waals surface area contributed by atoms with E-state index < -0.39 is 17.4 Å². The van der Waals surface area contributed by atoms with Gasteiger partial charge in [-0.2, -0.15) is 0 Å². The van der Waals surface area contributed by atoms with Crippen LogP contribution in [0.3, 0.4) is 0 Å². The number of carbonyl (C=O) groups excluding carboxylic acids is 2. The molecule has 1 amide bonds. The number of primary amides is 1. The minimum atomic E-state index is -1.81. The normalized spacial score (nSPS) is 14.1. The van der Waals surface area contributed by atoms with Crippen LogP contribution in [0.5, 0.6) is 0 Å². The number of rotatable bonds is 3. The van der Waals surface area contributed by atoms with Crippen molar-refractivity contribution in [2.24, 2.45) is 11.5 Å². The molecule has 0 fully saturated rings. The lowest BCUT2D eigenvalue weighted by atomic mass is 10.0. The fourth-order valence-electron chi connectivity index (χ4n) is 0.358. The third-order valence-corrected chi connectivity index (χ3v) is 1.22. The van der Waals surface area contributed by atoms with E-state index in [1.54, 1.807) is 0 Å². The van der Waals surface area contributed by atoms with Crippen LogP contribution in [0.4, 0.5) is 0 Å². The Kier molecular flexibility index (Phi) is 3.26. The zero-order chi connectivity index (χ0) is 9.78. The summed E-state index contributed by atoms with van der Waals surface area (Å²) in [4.78, 5) is 21.5.